The van der Waals surface area contributed by atoms with Crippen LogP contribution in [0.1, 0.15) is 24.0 Å². The van der Waals surface area contributed by atoms with Gasteiger partial charge in [0, 0.05) is 60.6 Å². The van der Waals surface area contributed by atoms with Crippen molar-refractivity contribution in [3.05, 3.63) is 119 Å². The Morgan fingerprint density at radius 3 is 2.19 bits per heavy atom. The normalized spacial score (nSPS) is 14.9. The predicted molar refractivity (Wildman–Crippen MR) is 162 cm³/mol. The van der Waals surface area contributed by atoms with E-state index >= 15 is 0 Å². The molecule has 5 aromatic rings. The van der Waals surface area contributed by atoms with Gasteiger partial charge in [0.25, 0.3) is 5.89 Å². The summed E-state index contributed by atoms with van der Waals surface area (Å²) in [6.07, 6.45) is 0.660. The zero-order valence-electron chi connectivity index (χ0n) is 22.9. The van der Waals surface area contributed by atoms with Crippen LogP contribution in [0.3, 0.4) is 0 Å². The number of hydrogen-bond donors (Lipinski definition) is 1. The number of benzene rings is 4. The first-order chi connectivity index (χ1) is 20.5. The molecule has 1 aliphatic rings. The fourth-order valence-electron chi connectivity index (χ4n) is 5.56. The van der Waals surface area contributed by atoms with E-state index in [1.807, 2.05) is 91.0 Å². The van der Waals surface area contributed by atoms with E-state index in [1.165, 1.54) is 0 Å². The molecule has 8 heteroatoms. The van der Waals surface area contributed by atoms with Crippen molar-refractivity contribution in [2.75, 3.05) is 13.1 Å². The van der Waals surface area contributed by atoms with Gasteiger partial charge in [0.05, 0.1) is 0 Å². The Morgan fingerprint density at radius 1 is 0.857 bits per heavy atom. The van der Waals surface area contributed by atoms with Gasteiger partial charge in [0.15, 0.2) is 0 Å². The Morgan fingerprint density at radius 2 is 1.52 bits per heavy atom. The molecular weight excluding hydrogens is 550 g/mol. The molecule has 1 aromatic heterocycles. The molecule has 0 atom stereocenters. The van der Waals surface area contributed by atoms with Crippen LogP contribution in [0, 0.1) is 0 Å². The third-order valence-corrected chi connectivity index (χ3v) is 8.10. The predicted octanol–water partition coefficient (Wildman–Crippen LogP) is 8.00. The molecular formula is C34H30ClN3O4. The number of nitrogens with zero attached hydrogens (tertiary/aromatic N) is 3. The molecule has 0 saturated carbocycles. The third kappa shape index (κ3) is 6.38. The standard InChI is InChI=1S/C34H30ClN3O4/c35-30-21-28(15-16-29(30)26-9-5-2-6-10-26)32-36-31(37-42-32)27-13-11-25(12-14-27)23-38-19-17-34(18-20-38,41-33(39)40)22-24-7-3-1-4-8-24/h1-16,21H,17-20,22-23H2,(H,39,40). The number of carbonyl (C=O) groups is 1. The summed E-state index contributed by atoms with van der Waals surface area (Å²) >= 11 is 6.58. The lowest BCUT2D eigenvalue weighted by molar-refractivity contribution is -0.0570. The van der Waals surface area contributed by atoms with Crippen molar-refractivity contribution in [2.24, 2.45) is 0 Å². The minimum atomic E-state index is -1.22. The second-order valence-electron chi connectivity index (χ2n) is 10.7. The fourth-order valence-corrected chi connectivity index (χ4v) is 5.85. The number of carboxylic acid groups (broad SMARTS) is 1. The van der Waals surface area contributed by atoms with Crippen LogP contribution < -0.4 is 0 Å². The lowest BCUT2D eigenvalue weighted by Gasteiger charge is -2.40. The zero-order chi connectivity index (χ0) is 28.9. The number of hydrogen-bond acceptors (Lipinski definition) is 6. The molecule has 0 unspecified atom stereocenters. The summed E-state index contributed by atoms with van der Waals surface area (Å²) in [5.74, 6) is 0.917. The smallest absolute Gasteiger partial charge is 0.450 e. The van der Waals surface area contributed by atoms with Crippen LogP contribution in [-0.2, 0) is 17.7 Å². The monoisotopic (exact) mass is 579 g/mol. The maximum absolute atomic E-state index is 11.5. The van der Waals surface area contributed by atoms with Gasteiger partial charge in [-0.15, -0.1) is 0 Å². The van der Waals surface area contributed by atoms with Crippen LogP contribution in [0.25, 0.3) is 34.0 Å². The Bertz CT molecular complexity index is 1650. The molecule has 1 fully saturated rings. The molecule has 7 nitrogen and oxygen atoms in total. The Kier molecular flexibility index (Phi) is 8.04. The van der Waals surface area contributed by atoms with Gasteiger partial charge in [-0.05, 0) is 28.8 Å². The highest BCUT2D eigenvalue weighted by molar-refractivity contribution is 6.33. The van der Waals surface area contributed by atoms with E-state index in [9.17, 15) is 9.90 Å². The third-order valence-electron chi connectivity index (χ3n) is 7.79. The first-order valence-corrected chi connectivity index (χ1v) is 14.3. The SMILES string of the molecule is O=C(O)OC1(Cc2ccccc2)CCN(Cc2ccc(-c3noc(-c4ccc(-c5ccccc5)c(Cl)c4)n3)cc2)CC1. The molecule has 1 saturated heterocycles. The van der Waals surface area contributed by atoms with Gasteiger partial charge < -0.3 is 14.4 Å². The van der Waals surface area contributed by atoms with Crippen molar-refractivity contribution in [1.82, 2.24) is 15.0 Å². The molecule has 212 valence electrons. The number of ether oxygens (including phenoxy) is 1. The van der Waals surface area contributed by atoms with E-state index in [2.05, 4.69) is 27.2 Å². The van der Waals surface area contributed by atoms with E-state index in [1.54, 1.807) is 0 Å². The van der Waals surface area contributed by atoms with Crippen LogP contribution in [-0.4, -0.2) is 45.0 Å². The van der Waals surface area contributed by atoms with E-state index in [-0.39, 0.29) is 0 Å². The van der Waals surface area contributed by atoms with Crippen molar-refractivity contribution in [2.45, 2.75) is 31.4 Å². The maximum Gasteiger partial charge on any atom is 0.506 e. The highest BCUT2D eigenvalue weighted by Gasteiger charge is 2.38. The van der Waals surface area contributed by atoms with Gasteiger partial charge >= 0.3 is 6.16 Å². The first kappa shape index (κ1) is 27.7. The highest BCUT2D eigenvalue weighted by atomic mass is 35.5. The molecule has 2 heterocycles. The van der Waals surface area contributed by atoms with Crippen LogP contribution in [0.2, 0.25) is 5.02 Å². The Balaban J connectivity index is 1.09. The van der Waals surface area contributed by atoms with E-state index in [4.69, 9.17) is 20.9 Å². The summed E-state index contributed by atoms with van der Waals surface area (Å²) in [6.45, 7) is 2.27. The second-order valence-corrected chi connectivity index (χ2v) is 11.1. The quantitative estimate of drug-likeness (QED) is 0.186. The lowest BCUT2D eigenvalue weighted by atomic mass is 9.85. The average Bonchev–Trinajstić information content (AvgIpc) is 3.50. The first-order valence-electron chi connectivity index (χ1n) is 13.9. The van der Waals surface area contributed by atoms with E-state index < -0.39 is 11.8 Å². The van der Waals surface area contributed by atoms with Gasteiger partial charge in [-0.25, -0.2) is 4.79 Å². The van der Waals surface area contributed by atoms with Crippen LogP contribution in [0.4, 0.5) is 4.79 Å². The van der Waals surface area contributed by atoms with E-state index in [0.29, 0.717) is 36.0 Å². The summed E-state index contributed by atoms with van der Waals surface area (Å²) in [7, 11) is 0. The second kappa shape index (κ2) is 12.2. The number of aromatic nitrogens is 2. The number of piperidine rings is 1. The van der Waals surface area contributed by atoms with Crippen molar-refractivity contribution >= 4 is 17.8 Å². The maximum atomic E-state index is 11.5. The van der Waals surface area contributed by atoms with Crippen molar-refractivity contribution < 1.29 is 19.2 Å². The number of rotatable bonds is 8. The Labute approximate surface area is 249 Å². The zero-order valence-corrected chi connectivity index (χ0v) is 23.7. The number of likely N-dealkylation sites (tertiary alicyclic amines) is 1. The largest absolute Gasteiger partial charge is 0.506 e. The van der Waals surface area contributed by atoms with Gasteiger partial charge in [-0.1, -0.05) is 108 Å². The summed E-state index contributed by atoms with van der Waals surface area (Å²) in [6, 6.07) is 33.8. The van der Waals surface area contributed by atoms with Crippen molar-refractivity contribution in [3.8, 4) is 34.0 Å². The van der Waals surface area contributed by atoms with Crippen LogP contribution in [0.5, 0.6) is 0 Å². The van der Waals surface area contributed by atoms with Gasteiger partial charge in [0.2, 0.25) is 5.82 Å². The molecule has 6 rings (SSSR count). The molecule has 0 bridgehead atoms. The molecule has 1 aliphatic heterocycles. The number of halogens is 1. The molecule has 4 aromatic carbocycles. The molecule has 1 N–H and O–H groups in total. The van der Waals surface area contributed by atoms with Crippen LogP contribution >= 0.6 is 11.6 Å². The van der Waals surface area contributed by atoms with Gasteiger partial charge in [-0.2, -0.15) is 4.98 Å². The summed E-state index contributed by atoms with van der Waals surface area (Å²) in [5.41, 5.74) is 5.15. The summed E-state index contributed by atoms with van der Waals surface area (Å²) < 4.78 is 11.0. The summed E-state index contributed by atoms with van der Waals surface area (Å²) in [5, 5.41) is 14.2. The van der Waals surface area contributed by atoms with Crippen LogP contribution in [0.15, 0.2) is 108 Å². The molecule has 0 radical (unpaired) electrons. The van der Waals surface area contributed by atoms with Crippen molar-refractivity contribution in [3.63, 3.8) is 0 Å². The molecule has 0 aliphatic carbocycles. The lowest BCUT2D eigenvalue weighted by Crippen LogP contribution is -2.48. The topological polar surface area (TPSA) is 88.7 Å². The Hall–Kier alpha value is -4.46. The summed E-state index contributed by atoms with van der Waals surface area (Å²) in [4.78, 5) is 18.4. The van der Waals surface area contributed by atoms with E-state index in [0.717, 1.165) is 53.0 Å². The fraction of sp³-hybridized carbons (Fsp3) is 0.206. The highest BCUT2D eigenvalue weighted by Crippen LogP contribution is 2.33. The van der Waals surface area contributed by atoms with Gasteiger partial charge in [-0.3, -0.25) is 4.90 Å². The minimum absolute atomic E-state index is 0.409. The van der Waals surface area contributed by atoms with Crippen molar-refractivity contribution in [1.29, 1.82) is 0 Å². The average molecular weight is 580 g/mol. The molecule has 42 heavy (non-hydrogen) atoms. The molecule has 0 spiro atoms. The molecule has 0 amide bonds. The van der Waals surface area contributed by atoms with Gasteiger partial charge in [0.1, 0.15) is 5.60 Å². The minimum Gasteiger partial charge on any atom is -0.450 e.